The Kier molecular flexibility index (Phi) is 9.56. The summed E-state index contributed by atoms with van der Waals surface area (Å²) >= 11 is 0. The van der Waals surface area contributed by atoms with E-state index >= 15 is 0 Å². The molecule has 1 aliphatic carbocycles. The molecule has 0 aliphatic heterocycles. The number of aliphatic hydroxyl groups is 1. The number of aliphatic imine (C=N–C) groups is 1. The van der Waals surface area contributed by atoms with E-state index in [1.807, 2.05) is 43.3 Å². The van der Waals surface area contributed by atoms with E-state index in [1.54, 1.807) is 6.08 Å². The van der Waals surface area contributed by atoms with Crippen molar-refractivity contribution in [2.75, 3.05) is 28.2 Å². The number of rotatable bonds is 11. The highest BCUT2D eigenvalue weighted by molar-refractivity contribution is 6.51. The second-order valence-corrected chi connectivity index (χ2v) is 9.91. The van der Waals surface area contributed by atoms with E-state index in [-0.39, 0.29) is 11.5 Å². The number of carbonyl (C=O) groups excluding carboxylic acids is 1. The number of Topliss-reactive ketones (excluding diaryl/α,β-unsaturated/α-hetero) is 1. The van der Waals surface area contributed by atoms with Crippen molar-refractivity contribution in [2.45, 2.75) is 73.4 Å². The average Bonchev–Trinajstić information content (AvgIpc) is 2.87. The van der Waals surface area contributed by atoms with Crippen LogP contribution in [-0.4, -0.2) is 41.8 Å². The van der Waals surface area contributed by atoms with Crippen LogP contribution in [0.15, 0.2) is 76.6 Å². The molecular weight excluding hydrogens is 460 g/mol. The minimum atomic E-state index is -0.225. The van der Waals surface area contributed by atoms with Gasteiger partial charge >= 0.3 is 0 Å². The van der Waals surface area contributed by atoms with E-state index < -0.39 is 0 Å². The van der Waals surface area contributed by atoms with Crippen LogP contribution in [0.2, 0.25) is 0 Å². The van der Waals surface area contributed by atoms with Crippen molar-refractivity contribution in [3.8, 4) is 0 Å². The summed E-state index contributed by atoms with van der Waals surface area (Å²) in [5.74, 6) is -0.227. The molecule has 0 atom stereocenters. The first-order valence-electron chi connectivity index (χ1n) is 13.5. The molecule has 2 aromatic carbocycles. The molecule has 2 N–H and O–H groups in total. The Bertz CT molecular complexity index is 1160. The Balaban J connectivity index is 1.92. The fourth-order valence-corrected chi connectivity index (χ4v) is 4.80. The van der Waals surface area contributed by atoms with Crippen LogP contribution >= 0.6 is 0 Å². The van der Waals surface area contributed by atoms with Gasteiger partial charge in [-0.15, -0.1) is 0 Å². The van der Waals surface area contributed by atoms with Gasteiger partial charge in [0.15, 0.2) is 0 Å². The lowest BCUT2D eigenvalue weighted by Gasteiger charge is -2.27. The van der Waals surface area contributed by atoms with Crippen molar-refractivity contribution >= 4 is 34.2 Å². The Morgan fingerprint density at radius 3 is 1.81 bits per heavy atom. The summed E-state index contributed by atoms with van der Waals surface area (Å²) in [6.07, 6.45) is 2.89. The van der Waals surface area contributed by atoms with Gasteiger partial charge in [0.05, 0.1) is 11.4 Å². The van der Waals surface area contributed by atoms with Crippen LogP contribution < -0.4 is 15.1 Å². The van der Waals surface area contributed by atoms with Crippen molar-refractivity contribution in [3.05, 3.63) is 71.6 Å². The summed E-state index contributed by atoms with van der Waals surface area (Å²) in [6.45, 7) is 16.8. The fraction of sp³-hybridized carbons (Fsp3) is 0.419. The van der Waals surface area contributed by atoms with E-state index in [0.29, 0.717) is 41.2 Å². The summed E-state index contributed by atoms with van der Waals surface area (Å²) in [4.78, 5) is 22.5. The first-order chi connectivity index (χ1) is 17.7. The number of anilines is 3. The Hall–Kier alpha value is -3.54. The predicted molar refractivity (Wildman–Crippen MR) is 158 cm³/mol. The molecule has 0 spiro atoms. The van der Waals surface area contributed by atoms with Crippen LogP contribution in [0, 0.1) is 0 Å². The number of allylic oxidation sites excluding steroid dienone is 2. The van der Waals surface area contributed by atoms with Crippen molar-refractivity contribution in [2.24, 2.45) is 4.99 Å². The topological polar surface area (TPSA) is 68.2 Å². The standard InChI is InChI=1S/C31H42N4O2/c1-8-11-27-30(36)28(32-23-12-16-25(17-13-23)34(9-2)21(4)5)20-29(31(27)37)33-24-14-18-26(19-15-24)35(10-3)22(6)7/h12-22,32,36H,8-11H2,1-7H3. The molecule has 0 radical (unpaired) electrons. The maximum Gasteiger partial charge on any atom is 0.211 e. The second-order valence-electron chi connectivity index (χ2n) is 9.91. The van der Waals surface area contributed by atoms with Crippen LogP contribution in [0.5, 0.6) is 0 Å². The number of nitrogens with one attached hydrogen (secondary N) is 1. The largest absolute Gasteiger partial charge is 0.505 e. The molecule has 0 unspecified atom stereocenters. The normalized spacial score (nSPS) is 15.0. The summed E-state index contributed by atoms with van der Waals surface area (Å²) in [5.41, 5.74) is 5.02. The van der Waals surface area contributed by atoms with Gasteiger partial charge in [0, 0.05) is 47.8 Å². The predicted octanol–water partition coefficient (Wildman–Crippen LogP) is 7.42. The number of carbonyl (C=O) groups is 1. The van der Waals surface area contributed by atoms with Crippen LogP contribution in [0.4, 0.5) is 22.7 Å². The minimum absolute atomic E-state index is 0.00175. The third kappa shape index (κ3) is 6.62. The summed E-state index contributed by atoms with van der Waals surface area (Å²) in [7, 11) is 0. The zero-order valence-electron chi connectivity index (χ0n) is 23.4. The first-order valence-corrected chi connectivity index (χ1v) is 13.5. The van der Waals surface area contributed by atoms with E-state index in [4.69, 9.17) is 0 Å². The van der Waals surface area contributed by atoms with E-state index in [2.05, 4.69) is 73.8 Å². The third-order valence-electron chi connectivity index (χ3n) is 6.67. The van der Waals surface area contributed by atoms with Gasteiger partial charge in [0.2, 0.25) is 5.78 Å². The van der Waals surface area contributed by atoms with Gasteiger partial charge in [-0.3, -0.25) is 4.79 Å². The van der Waals surface area contributed by atoms with Gasteiger partial charge in [-0.2, -0.15) is 0 Å². The van der Waals surface area contributed by atoms with Gasteiger partial charge in [0.1, 0.15) is 11.5 Å². The minimum Gasteiger partial charge on any atom is -0.505 e. The number of hydrogen-bond acceptors (Lipinski definition) is 6. The molecule has 198 valence electrons. The van der Waals surface area contributed by atoms with Gasteiger partial charge in [0.25, 0.3) is 0 Å². The molecule has 0 amide bonds. The molecular formula is C31H42N4O2. The number of nitrogens with zero attached hydrogens (tertiary/aromatic N) is 3. The van der Waals surface area contributed by atoms with Gasteiger partial charge in [-0.05, 0) is 103 Å². The molecule has 0 heterocycles. The first kappa shape index (κ1) is 28.0. The van der Waals surface area contributed by atoms with Gasteiger partial charge in [-0.25, -0.2) is 4.99 Å². The van der Waals surface area contributed by atoms with Crippen LogP contribution in [0.25, 0.3) is 0 Å². The Morgan fingerprint density at radius 1 is 0.838 bits per heavy atom. The monoisotopic (exact) mass is 502 g/mol. The zero-order chi connectivity index (χ0) is 27.1. The van der Waals surface area contributed by atoms with Crippen molar-refractivity contribution in [3.63, 3.8) is 0 Å². The number of benzene rings is 2. The molecule has 6 heteroatoms. The molecule has 37 heavy (non-hydrogen) atoms. The average molecular weight is 503 g/mol. The summed E-state index contributed by atoms with van der Waals surface area (Å²) in [5, 5.41) is 14.3. The fourth-order valence-electron chi connectivity index (χ4n) is 4.80. The third-order valence-corrected chi connectivity index (χ3v) is 6.67. The Labute approximate surface area is 222 Å². The quantitative estimate of drug-likeness (QED) is 0.313. The molecule has 1 aliphatic rings. The van der Waals surface area contributed by atoms with Crippen LogP contribution in [0.3, 0.4) is 0 Å². The lowest BCUT2D eigenvalue weighted by Crippen LogP contribution is -2.30. The van der Waals surface area contributed by atoms with E-state index in [0.717, 1.165) is 36.6 Å². The summed E-state index contributed by atoms with van der Waals surface area (Å²) in [6, 6.07) is 16.9. The second kappa shape index (κ2) is 12.6. The maximum atomic E-state index is 13.2. The highest BCUT2D eigenvalue weighted by Gasteiger charge is 2.27. The van der Waals surface area contributed by atoms with Gasteiger partial charge in [-0.1, -0.05) is 13.3 Å². The highest BCUT2D eigenvalue weighted by Crippen LogP contribution is 2.28. The zero-order valence-corrected chi connectivity index (χ0v) is 23.4. The molecule has 3 rings (SSSR count). The van der Waals surface area contributed by atoms with Crippen LogP contribution in [0.1, 0.15) is 61.3 Å². The molecule has 6 nitrogen and oxygen atoms in total. The SMILES string of the molecule is CCCC1=C(O)C(Nc2ccc(N(CC)C(C)C)cc2)=CC(=Nc2ccc(N(CC)C(C)C)cc2)C1=O. The smallest absolute Gasteiger partial charge is 0.211 e. The molecule has 0 saturated carbocycles. The molecule has 2 aromatic rings. The van der Waals surface area contributed by atoms with Crippen molar-refractivity contribution in [1.29, 1.82) is 0 Å². The number of hydrogen-bond donors (Lipinski definition) is 2. The lowest BCUT2D eigenvalue weighted by atomic mass is 9.94. The number of ketones is 1. The molecule has 0 aromatic heterocycles. The lowest BCUT2D eigenvalue weighted by molar-refractivity contribution is -0.110. The van der Waals surface area contributed by atoms with Crippen LogP contribution in [-0.2, 0) is 4.79 Å². The number of aliphatic hydroxyl groups excluding tert-OH is 1. The maximum absolute atomic E-state index is 13.2. The molecule has 0 fully saturated rings. The van der Waals surface area contributed by atoms with E-state index in [1.165, 1.54) is 0 Å². The highest BCUT2D eigenvalue weighted by atomic mass is 16.3. The van der Waals surface area contributed by atoms with E-state index in [9.17, 15) is 9.90 Å². The van der Waals surface area contributed by atoms with Crippen molar-refractivity contribution < 1.29 is 9.90 Å². The van der Waals surface area contributed by atoms with Crippen molar-refractivity contribution in [1.82, 2.24) is 0 Å². The van der Waals surface area contributed by atoms with Gasteiger partial charge < -0.3 is 20.2 Å². The Morgan fingerprint density at radius 2 is 1.35 bits per heavy atom. The summed E-state index contributed by atoms with van der Waals surface area (Å²) < 4.78 is 0. The molecule has 0 bridgehead atoms. The molecule has 0 saturated heterocycles.